The number of hydrazone groups is 2. The maximum atomic E-state index is 11.9. The normalized spacial score (nSPS) is 11.8. The summed E-state index contributed by atoms with van der Waals surface area (Å²) in [5.74, 6) is -0.982. The van der Waals surface area contributed by atoms with Crippen LogP contribution < -0.4 is 10.9 Å². The molecule has 2 rings (SSSR count). The number of nitrogens with one attached hydrogen (secondary N) is 2. The molecule has 0 bridgehead atoms. The van der Waals surface area contributed by atoms with Crippen LogP contribution in [-0.4, -0.2) is 43.7 Å². The minimum absolute atomic E-state index is 0.0691. The first-order chi connectivity index (χ1) is 15.7. The smallest absolute Gasteiger partial charge is 0.240 e. The molecule has 0 atom stereocenters. The molecule has 0 radical (unpaired) electrons. The average Bonchev–Trinajstić information content (AvgIpc) is 2.75. The minimum Gasteiger partial charge on any atom is -0.508 e. The molecule has 176 valence electrons. The topological polar surface area (TPSA) is 164 Å². The van der Waals surface area contributed by atoms with Gasteiger partial charge < -0.3 is 20.4 Å². The van der Waals surface area contributed by atoms with E-state index in [2.05, 4.69) is 21.1 Å². The first-order valence-electron chi connectivity index (χ1n) is 10.4. The maximum Gasteiger partial charge on any atom is 0.240 e. The van der Waals surface area contributed by atoms with Crippen molar-refractivity contribution in [2.24, 2.45) is 10.2 Å². The molecule has 0 saturated heterocycles. The van der Waals surface area contributed by atoms with Crippen molar-refractivity contribution >= 4 is 23.2 Å². The third kappa shape index (κ3) is 8.17. The molecular formula is C23H28N4O6. The number of aromatic hydroxyl groups is 4. The van der Waals surface area contributed by atoms with E-state index in [9.17, 15) is 30.0 Å². The average molecular weight is 456 g/mol. The lowest BCUT2D eigenvalue weighted by molar-refractivity contribution is -0.121. The van der Waals surface area contributed by atoms with Gasteiger partial charge in [-0.1, -0.05) is 6.42 Å². The molecule has 0 spiro atoms. The van der Waals surface area contributed by atoms with E-state index in [1.54, 1.807) is 13.8 Å². The number of carbonyl (C=O) groups excluding carboxylic acids is 2. The molecule has 2 aromatic carbocycles. The van der Waals surface area contributed by atoms with Crippen molar-refractivity contribution in [1.82, 2.24) is 10.9 Å². The standard InChI is InChI=1S/C23H28N4O6/c1-14(18-10-8-16(28)12-20(18)30)24-26-22(32)6-4-3-5-7-23(33)27-25-15(2)19-11-9-17(29)13-21(19)31/h8-13,28-31H,3-7H2,1-2H3,(H,26,32)(H,27,33)/b24-14+,25-15+. The second-order valence-corrected chi connectivity index (χ2v) is 7.43. The molecule has 10 heteroatoms. The van der Waals surface area contributed by atoms with E-state index in [1.165, 1.54) is 36.4 Å². The highest BCUT2D eigenvalue weighted by Gasteiger charge is 2.08. The first kappa shape index (κ1) is 25.2. The van der Waals surface area contributed by atoms with Crippen LogP contribution in [0.25, 0.3) is 0 Å². The van der Waals surface area contributed by atoms with Gasteiger partial charge in [-0.15, -0.1) is 0 Å². The van der Waals surface area contributed by atoms with Crippen molar-refractivity contribution in [2.75, 3.05) is 0 Å². The molecule has 0 unspecified atom stereocenters. The number of hydrogen-bond acceptors (Lipinski definition) is 8. The van der Waals surface area contributed by atoms with E-state index in [1.807, 2.05) is 0 Å². The van der Waals surface area contributed by atoms with Gasteiger partial charge in [-0.2, -0.15) is 10.2 Å². The summed E-state index contributed by atoms with van der Waals surface area (Å²) >= 11 is 0. The van der Waals surface area contributed by atoms with Gasteiger partial charge in [0.2, 0.25) is 11.8 Å². The van der Waals surface area contributed by atoms with E-state index >= 15 is 0 Å². The Morgan fingerprint density at radius 2 is 1.09 bits per heavy atom. The largest absolute Gasteiger partial charge is 0.508 e. The fourth-order valence-corrected chi connectivity index (χ4v) is 2.92. The van der Waals surface area contributed by atoms with Gasteiger partial charge >= 0.3 is 0 Å². The van der Waals surface area contributed by atoms with Crippen molar-refractivity contribution < 1.29 is 30.0 Å². The molecule has 0 aliphatic rings. The summed E-state index contributed by atoms with van der Waals surface area (Å²) < 4.78 is 0. The second kappa shape index (κ2) is 12.1. The van der Waals surface area contributed by atoms with Crippen molar-refractivity contribution in [3.05, 3.63) is 47.5 Å². The third-order valence-corrected chi connectivity index (χ3v) is 4.75. The van der Waals surface area contributed by atoms with E-state index < -0.39 is 0 Å². The van der Waals surface area contributed by atoms with Gasteiger partial charge in [0.05, 0.1) is 11.4 Å². The Balaban J connectivity index is 1.67. The summed E-state index contributed by atoms with van der Waals surface area (Å²) in [6.07, 6.45) is 2.27. The molecule has 33 heavy (non-hydrogen) atoms. The predicted molar refractivity (Wildman–Crippen MR) is 123 cm³/mol. The van der Waals surface area contributed by atoms with Gasteiger partial charge in [0.15, 0.2) is 0 Å². The van der Waals surface area contributed by atoms with Crippen molar-refractivity contribution in [3.63, 3.8) is 0 Å². The molecule has 0 aliphatic carbocycles. The molecule has 0 aromatic heterocycles. The molecule has 0 aliphatic heterocycles. The molecule has 2 amide bonds. The van der Waals surface area contributed by atoms with Crippen LogP contribution in [0.4, 0.5) is 0 Å². The van der Waals surface area contributed by atoms with E-state index in [-0.39, 0.29) is 47.7 Å². The zero-order chi connectivity index (χ0) is 24.4. The first-order valence-corrected chi connectivity index (χ1v) is 10.4. The number of phenolic OH excluding ortho intramolecular Hbond substituents is 4. The number of carbonyl (C=O) groups is 2. The summed E-state index contributed by atoms with van der Waals surface area (Å²) in [6, 6.07) is 8.21. The lowest BCUT2D eigenvalue weighted by Crippen LogP contribution is -2.19. The van der Waals surface area contributed by atoms with Gasteiger partial charge in [0, 0.05) is 36.1 Å². The van der Waals surface area contributed by atoms with Gasteiger partial charge in [-0.3, -0.25) is 9.59 Å². The number of phenols is 4. The van der Waals surface area contributed by atoms with Crippen LogP contribution in [0.3, 0.4) is 0 Å². The van der Waals surface area contributed by atoms with E-state index in [0.29, 0.717) is 41.8 Å². The lowest BCUT2D eigenvalue weighted by atomic mass is 10.1. The Kier molecular flexibility index (Phi) is 9.22. The lowest BCUT2D eigenvalue weighted by Gasteiger charge is -2.06. The summed E-state index contributed by atoms with van der Waals surface area (Å²) in [5, 5.41) is 46.1. The SMILES string of the molecule is C/C(=N\NC(=O)CCCCCC(=O)N/N=C(\C)c1ccc(O)cc1O)c1ccc(O)cc1O. The zero-order valence-corrected chi connectivity index (χ0v) is 18.5. The molecule has 0 fully saturated rings. The molecule has 2 aromatic rings. The van der Waals surface area contributed by atoms with Gasteiger partial charge in [-0.05, 0) is 51.0 Å². The summed E-state index contributed by atoms with van der Waals surface area (Å²) in [4.78, 5) is 23.8. The number of benzene rings is 2. The Morgan fingerprint density at radius 1 is 0.697 bits per heavy atom. The van der Waals surface area contributed by atoms with E-state index in [4.69, 9.17) is 0 Å². The Bertz CT molecular complexity index is 981. The number of rotatable bonds is 10. The van der Waals surface area contributed by atoms with Crippen LogP contribution in [0.1, 0.15) is 57.1 Å². The number of hydrogen-bond donors (Lipinski definition) is 6. The molecule has 0 heterocycles. The molecule has 10 nitrogen and oxygen atoms in total. The van der Waals surface area contributed by atoms with Crippen molar-refractivity contribution in [1.29, 1.82) is 0 Å². The Labute approximate surface area is 191 Å². The fraction of sp³-hybridized carbons (Fsp3) is 0.304. The van der Waals surface area contributed by atoms with Crippen molar-refractivity contribution in [3.8, 4) is 23.0 Å². The highest BCUT2D eigenvalue weighted by atomic mass is 16.3. The number of amides is 2. The van der Waals surface area contributed by atoms with Crippen LogP contribution in [0.5, 0.6) is 23.0 Å². The van der Waals surface area contributed by atoms with Gasteiger partial charge in [-0.25, -0.2) is 10.9 Å². The highest BCUT2D eigenvalue weighted by Crippen LogP contribution is 2.23. The minimum atomic E-state index is -0.286. The summed E-state index contributed by atoms with van der Waals surface area (Å²) in [5.41, 5.74) is 6.44. The quantitative estimate of drug-likeness (QED) is 0.183. The van der Waals surface area contributed by atoms with Gasteiger partial charge in [0.1, 0.15) is 23.0 Å². The van der Waals surface area contributed by atoms with Crippen molar-refractivity contribution in [2.45, 2.75) is 46.0 Å². The Morgan fingerprint density at radius 3 is 1.45 bits per heavy atom. The number of nitrogens with zero attached hydrogens (tertiary/aromatic N) is 2. The molecule has 6 N–H and O–H groups in total. The molecule has 0 saturated carbocycles. The monoisotopic (exact) mass is 456 g/mol. The third-order valence-electron chi connectivity index (χ3n) is 4.75. The van der Waals surface area contributed by atoms with Gasteiger partial charge in [0.25, 0.3) is 0 Å². The molecular weight excluding hydrogens is 428 g/mol. The maximum absolute atomic E-state index is 11.9. The van der Waals surface area contributed by atoms with Crippen LogP contribution in [0, 0.1) is 0 Å². The second-order valence-electron chi connectivity index (χ2n) is 7.43. The predicted octanol–water partition coefficient (Wildman–Crippen LogP) is 2.84. The summed E-state index contributed by atoms with van der Waals surface area (Å²) in [6.45, 7) is 3.25. The van der Waals surface area contributed by atoms with Crippen LogP contribution in [0.2, 0.25) is 0 Å². The van der Waals surface area contributed by atoms with Crippen LogP contribution in [0.15, 0.2) is 46.6 Å². The fourth-order valence-electron chi connectivity index (χ4n) is 2.92. The highest BCUT2D eigenvalue weighted by molar-refractivity contribution is 6.02. The number of unbranched alkanes of at least 4 members (excludes halogenated alkanes) is 2. The van der Waals surface area contributed by atoms with E-state index in [0.717, 1.165) is 0 Å². The summed E-state index contributed by atoms with van der Waals surface area (Å²) in [7, 11) is 0. The Hall–Kier alpha value is -4.08. The van der Waals surface area contributed by atoms with Crippen LogP contribution in [-0.2, 0) is 9.59 Å². The van der Waals surface area contributed by atoms with Crippen LogP contribution >= 0.6 is 0 Å². The zero-order valence-electron chi connectivity index (χ0n) is 18.5.